The highest BCUT2D eigenvalue weighted by Crippen LogP contribution is 2.22. The zero-order valence-electron chi connectivity index (χ0n) is 10.4. The minimum absolute atomic E-state index is 0.277. The number of hydrogen-bond acceptors (Lipinski definition) is 3. The van der Waals surface area contributed by atoms with Crippen molar-refractivity contribution in [1.82, 2.24) is 0 Å². The van der Waals surface area contributed by atoms with Crippen LogP contribution in [-0.2, 0) is 4.74 Å². The molecular weight excluding hydrogens is 270 g/mol. The van der Waals surface area contributed by atoms with Crippen LogP contribution < -0.4 is 10.5 Å². The normalized spacial score (nSPS) is 10.3. The van der Waals surface area contributed by atoms with Crippen molar-refractivity contribution in [3.63, 3.8) is 0 Å². The van der Waals surface area contributed by atoms with Gasteiger partial charge < -0.3 is 15.2 Å². The Morgan fingerprint density at radius 2 is 2.11 bits per heavy atom. The molecule has 0 atom stereocenters. The summed E-state index contributed by atoms with van der Waals surface area (Å²) in [6.45, 7) is 3.92. The monoisotopic (exact) mass is 287 g/mol. The number of benzene rings is 1. The van der Waals surface area contributed by atoms with E-state index in [2.05, 4.69) is 6.92 Å². The molecule has 0 bridgehead atoms. The van der Waals surface area contributed by atoms with Crippen LogP contribution in [0, 0.1) is 0 Å². The van der Waals surface area contributed by atoms with E-state index in [1.807, 2.05) is 0 Å². The molecule has 0 aliphatic carbocycles. The summed E-state index contributed by atoms with van der Waals surface area (Å²) >= 11 is 10.8. The number of halogens is 1. The minimum atomic E-state index is 0.277. The van der Waals surface area contributed by atoms with E-state index in [1.54, 1.807) is 18.2 Å². The molecule has 0 unspecified atom stereocenters. The molecule has 5 heteroatoms. The van der Waals surface area contributed by atoms with Crippen LogP contribution in [0.1, 0.15) is 25.3 Å². The first-order valence-electron chi connectivity index (χ1n) is 5.95. The highest BCUT2D eigenvalue weighted by atomic mass is 35.5. The molecular formula is C13H18ClNO2S. The third-order valence-electron chi connectivity index (χ3n) is 2.33. The van der Waals surface area contributed by atoms with Crippen molar-refractivity contribution in [2.45, 2.75) is 19.8 Å². The lowest BCUT2D eigenvalue weighted by molar-refractivity contribution is 0.0980. The predicted octanol–water partition coefficient (Wildman–Crippen LogP) is 3.17. The van der Waals surface area contributed by atoms with Crippen LogP contribution in [0.3, 0.4) is 0 Å². The Bertz CT molecular complexity index is 399. The van der Waals surface area contributed by atoms with Gasteiger partial charge in [-0.25, -0.2) is 0 Å². The van der Waals surface area contributed by atoms with E-state index in [1.165, 1.54) is 0 Å². The van der Waals surface area contributed by atoms with E-state index < -0.39 is 0 Å². The second kappa shape index (κ2) is 8.29. The van der Waals surface area contributed by atoms with Gasteiger partial charge in [-0.05, 0) is 24.6 Å². The van der Waals surface area contributed by atoms with E-state index in [0.29, 0.717) is 29.5 Å². The predicted molar refractivity (Wildman–Crippen MR) is 78.6 cm³/mol. The maximum atomic E-state index is 5.88. The largest absolute Gasteiger partial charge is 0.490 e. The average Bonchev–Trinajstić information content (AvgIpc) is 2.35. The van der Waals surface area contributed by atoms with Gasteiger partial charge in [-0.1, -0.05) is 37.2 Å². The Kier molecular flexibility index (Phi) is 7.01. The van der Waals surface area contributed by atoms with Gasteiger partial charge in [0.05, 0.1) is 12.2 Å². The number of thiocarbonyl (C=S) groups is 1. The molecule has 0 aromatic heterocycles. The second-order valence-electron chi connectivity index (χ2n) is 3.82. The fourth-order valence-electron chi connectivity index (χ4n) is 1.38. The van der Waals surface area contributed by atoms with Crippen molar-refractivity contribution >= 4 is 28.8 Å². The summed E-state index contributed by atoms with van der Waals surface area (Å²) in [5.41, 5.74) is 6.27. The molecule has 0 spiro atoms. The zero-order chi connectivity index (χ0) is 13.4. The molecule has 0 amide bonds. The van der Waals surface area contributed by atoms with Crippen LogP contribution >= 0.6 is 23.8 Å². The highest BCUT2D eigenvalue weighted by molar-refractivity contribution is 7.80. The summed E-state index contributed by atoms with van der Waals surface area (Å²) in [5, 5.41) is 0.587. The lowest BCUT2D eigenvalue weighted by Crippen LogP contribution is -2.14. The van der Waals surface area contributed by atoms with E-state index in [9.17, 15) is 0 Å². The first-order valence-corrected chi connectivity index (χ1v) is 6.73. The first-order chi connectivity index (χ1) is 8.65. The molecule has 0 radical (unpaired) electrons. The van der Waals surface area contributed by atoms with Gasteiger partial charge in [-0.2, -0.15) is 0 Å². The number of ether oxygens (including phenoxy) is 2. The zero-order valence-corrected chi connectivity index (χ0v) is 12.0. The summed E-state index contributed by atoms with van der Waals surface area (Å²) in [6, 6.07) is 5.22. The molecule has 1 aromatic carbocycles. The smallest absolute Gasteiger partial charge is 0.129 e. The van der Waals surface area contributed by atoms with Gasteiger partial charge in [-0.15, -0.1) is 0 Å². The SMILES string of the molecule is CCCCOCCOc1ccc(Cl)cc1C(N)=S. The van der Waals surface area contributed by atoms with Crippen molar-refractivity contribution in [1.29, 1.82) is 0 Å². The van der Waals surface area contributed by atoms with Gasteiger partial charge in [0, 0.05) is 11.6 Å². The Labute approximate surface area is 118 Å². The van der Waals surface area contributed by atoms with Crippen LogP contribution in [-0.4, -0.2) is 24.8 Å². The third kappa shape index (κ3) is 5.21. The Hall–Kier alpha value is -0.840. The molecule has 0 saturated heterocycles. The van der Waals surface area contributed by atoms with Crippen LogP contribution in [0.5, 0.6) is 5.75 Å². The maximum absolute atomic E-state index is 5.88. The number of rotatable bonds is 8. The number of hydrogen-bond donors (Lipinski definition) is 1. The van der Waals surface area contributed by atoms with Crippen molar-refractivity contribution in [2.75, 3.05) is 19.8 Å². The molecule has 1 rings (SSSR count). The molecule has 100 valence electrons. The summed E-state index contributed by atoms with van der Waals surface area (Å²) in [4.78, 5) is 0.277. The van der Waals surface area contributed by atoms with Crippen LogP contribution in [0.4, 0.5) is 0 Å². The van der Waals surface area contributed by atoms with Crippen molar-refractivity contribution in [3.8, 4) is 5.75 Å². The maximum Gasteiger partial charge on any atom is 0.129 e. The van der Waals surface area contributed by atoms with Crippen molar-refractivity contribution in [2.24, 2.45) is 5.73 Å². The molecule has 1 aromatic rings. The van der Waals surface area contributed by atoms with Gasteiger partial charge in [0.1, 0.15) is 17.3 Å². The van der Waals surface area contributed by atoms with E-state index in [4.69, 9.17) is 39.0 Å². The number of nitrogens with two attached hydrogens (primary N) is 1. The van der Waals surface area contributed by atoms with Gasteiger partial charge >= 0.3 is 0 Å². The number of unbranched alkanes of at least 4 members (excludes halogenated alkanes) is 1. The lowest BCUT2D eigenvalue weighted by Gasteiger charge is -2.11. The summed E-state index contributed by atoms with van der Waals surface area (Å²) in [7, 11) is 0. The van der Waals surface area contributed by atoms with Gasteiger partial charge in [0.25, 0.3) is 0 Å². The first kappa shape index (κ1) is 15.2. The van der Waals surface area contributed by atoms with Gasteiger partial charge in [-0.3, -0.25) is 0 Å². The lowest BCUT2D eigenvalue weighted by atomic mass is 10.2. The molecule has 2 N–H and O–H groups in total. The molecule has 18 heavy (non-hydrogen) atoms. The topological polar surface area (TPSA) is 44.5 Å². The standard InChI is InChI=1S/C13H18ClNO2S/c1-2-3-6-16-7-8-17-12-5-4-10(14)9-11(12)13(15)18/h4-5,9H,2-3,6-8H2,1H3,(H2,15,18). The molecule has 0 saturated carbocycles. The van der Waals surface area contributed by atoms with E-state index >= 15 is 0 Å². The third-order valence-corrected chi connectivity index (χ3v) is 2.79. The molecule has 3 nitrogen and oxygen atoms in total. The van der Waals surface area contributed by atoms with Gasteiger partial charge in [0.15, 0.2) is 0 Å². The molecule has 0 aliphatic rings. The second-order valence-corrected chi connectivity index (χ2v) is 4.70. The highest BCUT2D eigenvalue weighted by Gasteiger charge is 2.07. The van der Waals surface area contributed by atoms with Crippen LogP contribution in [0.15, 0.2) is 18.2 Å². The quantitative estimate of drug-likeness (QED) is 0.589. The average molecular weight is 288 g/mol. The molecule has 0 fully saturated rings. The fourth-order valence-corrected chi connectivity index (χ4v) is 1.71. The Morgan fingerprint density at radius 1 is 1.33 bits per heavy atom. The van der Waals surface area contributed by atoms with Crippen molar-refractivity contribution < 1.29 is 9.47 Å². The molecule has 0 aliphatic heterocycles. The van der Waals surface area contributed by atoms with E-state index in [0.717, 1.165) is 19.4 Å². The van der Waals surface area contributed by atoms with Gasteiger partial charge in [0.2, 0.25) is 0 Å². The summed E-state index contributed by atoms with van der Waals surface area (Å²) < 4.78 is 11.0. The Balaban J connectivity index is 2.44. The molecule has 0 heterocycles. The van der Waals surface area contributed by atoms with Crippen molar-refractivity contribution in [3.05, 3.63) is 28.8 Å². The van der Waals surface area contributed by atoms with Crippen LogP contribution in [0.25, 0.3) is 0 Å². The summed E-state index contributed by atoms with van der Waals surface area (Å²) in [6.07, 6.45) is 2.20. The van der Waals surface area contributed by atoms with Crippen LogP contribution in [0.2, 0.25) is 5.02 Å². The van der Waals surface area contributed by atoms with E-state index in [-0.39, 0.29) is 4.99 Å². The Morgan fingerprint density at radius 3 is 2.78 bits per heavy atom. The summed E-state index contributed by atoms with van der Waals surface area (Å²) in [5.74, 6) is 0.644. The fraction of sp³-hybridized carbons (Fsp3) is 0.462. The minimum Gasteiger partial charge on any atom is -0.490 e.